The Balaban J connectivity index is 1.82. The maximum atomic E-state index is 12.7. The average Bonchev–Trinajstić information content (AvgIpc) is 2.55. The lowest BCUT2D eigenvalue weighted by atomic mass is 10.1. The molecule has 0 bridgehead atoms. The highest BCUT2D eigenvalue weighted by Gasteiger charge is 2.19. The molecule has 5 heteroatoms. The van der Waals surface area contributed by atoms with E-state index in [1.165, 1.54) is 0 Å². The standard InChI is InChI=1S/C16H12FO3P/c17-20-21(18-14-9-2-1-3-10-14)19-16-12-6-8-13-7-4-5-11-15(13)16/h1-12H. The molecular weight excluding hydrogens is 290 g/mol. The van der Waals surface area contributed by atoms with Gasteiger partial charge in [-0.2, -0.15) is 0 Å². The van der Waals surface area contributed by atoms with E-state index >= 15 is 0 Å². The molecule has 0 aromatic heterocycles. The molecule has 0 heterocycles. The Morgan fingerprint density at radius 3 is 2.24 bits per heavy atom. The van der Waals surface area contributed by atoms with Gasteiger partial charge in [0.1, 0.15) is 11.5 Å². The van der Waals surface area contributed by atoms with E-state index in [4.69, 9.17) is 9.05 Å². The molecule has 0 fully saturated rings. The van der Waals surface area contributed by atoms with Gasteiger partial charge in [0.15, 0.2) is 0 Å². The summed E-state index contributed by atoms with van der Waals surface area (Å²) in [5.74, 6) is 1.01. The molecule has 0 spiro atoms. The molecule has 21 heavy (non-hydrogen) atoms. The lowest BCUT2D eigenvalue weighted by Gasteiger charge is -2.14. The van der Waals surface area contributed by atoms with Crippen molar-refractivity contribution in [3.63, 3.8) is 0 Å². The lowest BCUT2D eigenvalue weighted by molar-refractivity contribution is -0.0156. The summed E-state index contributed by atoms with van der Waals surface area (Å²) in [6.45, 7) is 0. The van der Waals surface area contributed by atoms with E-state index in [-0.39, 0.29) is 0 Å². The van der Waals surface area contributed by atoms with Crippen LogP contribution in [0.2, 0.25) is 0 Å². The molecule has 3 aromatic rings. The van der Waals surface area contributed by atoms with Crippen LogP contribution < -0.4 is 9.05 Å². The topological polar surface area (TPSA) is 27.7 Å². The molecule has 0 aliphatic rings. The van der Waals surface area contributed by atoms with Gasteiger partial charge in [-0.05, 0) is 28.1 Å². The van der Waals surface area contributed by atoms with E-state index in [1.807, 2.05) is 42.5 Å². The fourth-order valence-corrected chi connectivity index (χ4v) is 2.68. The van der Waals surface area contributed by atoms with E-state index < -0.39 is 8.60 Å². The van der Waals surface area contributed by atoms with E-state index in [2.05, 4.69) is 4.73 Å². The van der Waals surface area contributed by atoms with Gasteiger partial charge in [-0.25, -0.2) is 0 Å². The first-order chi connectivity index (χ1) is 10.4. The van der Waals surface area contributed by atoms with Crippen molar-refractivity contribution in [1.82, 2.24) is 0 Å². The smallest absolute Gasteiger partial charge is 0.416 e. The molecule has 0 radical (unpaired) electrons. The van der Waals surface area contributed by atoms with Gasteiger partial charge in [0, 0.05) is 5.39 Å². The molecule has 0 N–H and O–H groups in total. The van der Waals surface area contributed by atoms with Crippen LogP contribution in [-0.4, -0.2) is 0 Å². The highest BCUT2D eigenvalue weighted by molar-refractivity contribution is 7.42. The van der Waals surface area contributed by atoms with Crippen molar-refractivity contribution < 1.29 is 18.3 Å². The first-order valence-electron chi connectivity index (χ1n) is 6.34. The summed E-state index contributed by atoms with van der Waals surface area (Å²) in [5.41, 5.74) is 0. The van der Waals surface area contributed by atoms with Crippen LogP contribution >= 0.6 is 8.60 Å². The Hall–Kier alpha value is -2.16. The van der Waals surface area contributed by atoms with Crippen LogP contribution in [0.25, 0.3) is 10.8 Å². The number of halogens is 1. The summed E-state index contributed by atoms with van der Waals surface area (Å²) in [7, 11) is -2.15. The third-order valence-electron chi connectivity index (χ3n) is 2.90. The Morgan fingerprint density at radius 2 is 1.43 bits per heavy atom. The molecule has 3 nitrogen and oxygen atoms in total. The van der Waals surface area contributed by atoms with Crippen molar-refractivity contribution in [1.29, 1.82) is 0 Å². The highest BCUT2D eigenvalue weighted by Crippen LogP contribution is 2.43. The highest BCUT2D eigenvalue weighted by atomic mass is 31.2. The number of rotatable bonds is 5. The molecule has 1 unspecified atom stereocenters. The monoisotopic (exact) mass is 302 g/mol. The van der Waals surface area contributed by atoms with Gasteiger partial charge in [0.2, 0.25) is 0 Å². The fraction of sp³-hybridized carbons (Fsp3) is 0. The summed E-state index contributed by atoms with van der Waals surface area (Å²) in [4.78, 5) is 0. The van der Waals surface area contributed by atoms with Gasteiger partial charge >= 0.3 is 8.60 Å². The van der Waals surface area contributed by atoms with E-state index in [0.717, 1.165) is 10.8 Å². The largest absolute Gasteiger partial charge is 0.497 e. The minimum Gasteiger partial charge on any atom is -0.416 e. The molecule has 0 aliphatic carbocycles. The zero-order valence-electron chi connectivity index (χ0n) is 11.0. The second-order valence-electron chi connectivity index (χ2n) is 4.27. The normalized spacial score (nSPS) is 12.0. The number of fused-ring (bicyclic) bond motifs is 1. The lowest BCUT2D eigenvalue weighted by Crippen LogP contribution is -1.96. The van der Waals surface area contributed by atoms with Crippen LogP contribution in [0.3, 0.4) is 0 Å². The van der Waals surface area contributed by atoms with Crippen LogP contribution in [0.15, 0.2) is 72.8 Å². The Kier molecular flexibility index (Phi) is 4.29. The predicted molar refractivity (Wildman–Crippen MR) is 80.8 cm³/mol. The molecule has 0 amide bonds. The van der Waals surface area contributed by atoms with Gasteiger partial charge in [-0.3, -0.25) is 0 Å². The van der Waals surface area contributed by atoms with Crippen molar-refractivity contribution in [2.75, 3.05) is 0 Å². The second kappa shape index (κ2) is 6.53. The van der Waals surface area contributed by atoms with Gasteiger partial charge < -0.3 is 9.05 Å². The summed E-state index contributed by atoms with van der Waals surface area (Å²) in [6.07, 6.45) is 0. The molecule has 3 aromatic carbocycles. The van der Waals surface area contributed by atoms with Crippen LogP contribution in [0, 0.1) is 0 Å². The number of para-hydroxylation sites is 1. The molecular formula is C16H12FO3P. The fourth-order valence-electron chi connectivity index (χ4n) is 1.97. The molecule has 3 rings (SSSR count). The van der Waals surface area contributed by atoms with Crippen molar-refractivity contribution in [2.45, 2.75) is 0 Å². The van der Waals surface area contributed by atoms with Gasteiger partial charge in [-0.15, -0.1) is 0 Å². The van der Waals surface area contributed by atoms with Crippen LogP contribution in [0.5, 0.6) is 11.5 Å². The van der Waals surface area contributed by atoms with Crippen molar-refractivity contribution in [3.8, 4) is 11.5 Å². The number of benzene rings is 3. The van der Waals surface area contributed by atoms with E-state index in [9.17, 15) is 4.53 Å². The zero-order valence-corrected chi connectivity index (χ0v) is 11.9. The van der Waals surface area contributed by atoms with Crippen molar-refractivity contribution >= 4 is 19.4 Å². The summed E-state index contributed by atoms with van der Waals surface area (Å²) < 4.78 is 27.4. The molecule has 0 aliphatic heterocycles. The Labute approximate surface area is 122 Å². The number of hydrogen-bond acceptors (Lipinski definition) is 3. The van der Waals surface area contributed by atoms with Crippen molar-refractivity contribution in [3.05, 3.63) is 72.8 Å². The molecule has 106 valence electrons. The first kappa shape index (κ1) is 13.8. The first-order valence-corrected chi connectivity index (χ1v) is 7.44. The Morgan fingerprint density at radius 1 is 0.714 bits per heavy atom. The summed E-state index contributed by atoms with van der Waals surface area (Å²) in [6, 6.07) is 22.1. The molecule has 0 saturated heterocycles. The second-order valence-corrected chi connectivity index (χ2v) is 5.22. The molecule has 1 atom stereocenters. The van der Waals surface area contributed by atoms with Crippen molar-refractivity contribution in [2.24, 2.45) is 0 Å². The maximum Gasteiger partial charge on any atom is 0.497 e. The van der Waals surface area contributed by atoms with Gasteiger partial charge in [0.05, 0.1) is 0 Å². The van der Waals surface area contributed by atoms with Gasteiger partial charge in [-0.1, -0.05) is 59.3 Å². The van der Waals surface area contributed by atoms with E-state index in [0.29, 0.717) is 11.5 Å². The predicted octanol–water partition coefficient (Wildman–Crippen LogP) is 5.43. The van der Waals surface area contributed by atoms with E-state index in [1.54, 1.807) is 30.3 Å². The molecule has 0 saturated carbocycles. The number of hydrogen-bond donors (Lipinski definition) is 0. The summed E-state index contributed by atoms with van der Waals surface area (Å²) >= 11 is 0. The minimum absolute atomic E-state index is 0.487. The van der Waals surface area contributed by atoms with Crippen LogP contribution in [-0.2, 0) is 4.73 Å². The Bertz CT molecular complexity index is 716. The minimum atomic E-state index is -2.15. The SMILES string of the molecule is FOP(Oc1ccccc1)Oc1cccc2ccccc12. The van der Waals surface area contributed by atoms with Crippen LogP contribution in [0.4, 0.5) is 4.53 Å². The zero-order chi connectivity index (χ0) is 14.5. The van der Waals surface area contributed by atoms with Crippen LogP contribution in [0.1, 0.15) is 0 Å². The average molecular weight is 302 g/mol. The quantitative estimate of drug-likeness (QED) is 0.588. The van der Waals surface area contributed by atoms with Gasteiger partial charge in [0.25, 0.3) is 0 Å². The third kappa shape index (κ3) is 3.30. The maximum absolute atomic E-state index is 12.7. The third-order valence-corrected chi connectivity index (χ3v) is 3.72. The summed E-state index contributed by atoms with van der Waals surface area (Å²) in [5, 5.41) is 1.88.